The Morgan fingerprint density at radius 3 is 2.70 bits per heavy atom. The van der Waals surface area contributed by atoms with Gasteiger partial charge in [-0.1, -0.05) is 32.8 Å². The maximum Gasteiger partial charge on any atom is 0.226 e. The molecule has 0 bridgehead atoms. The molecule has 0 radical (unpaired) electrons. The van der Waals surface area contributed by atoms with E-state index in [9.17, 15) is 14.9 Å². The van der Waals surface area contributed by atoms with Crippen LogP contribution in [0.2, 0.25) is 0 Å². The number of rotatable bonds is 0. The summed E-state index contributed by atoms with van der Waals surface area (Å²) in [6, 6.07) is 1.99. The average Bonchev–Trinajstić information content (AvgIpc) is 3.23. The van der Waals surface area contributed by atoms with Crippen molar-refractivity contribution in [3.8, 4) is 17.9 Å². The number of imidazole rings is 1. The molecule has 6 heteroatoms. The van der Waals surface area contributed by atoms with Crippen LogP contribution in [0, 0.1) is 51.9 Å². The van der Waals surface area contributed by atoms with Gasteiger partial charge < -0.3 is 9.78 Å². The van der Waals surface area contributed by atoms with Crippen molar-refractivity contribution < 1.29 is 9.59 Å². The minimum Gasteiger partial charge on any atom is -0.338 e. The highest BCUT2D eigenvalue weighted by atomic mass is 16.1. The summed E-state index contributed by atoms with van der Waals surface area (Å²) < 4.78 is 0. The quantitative estimate of drug-likeness (QED) is 0.536. The molecule has 3 atom stereocenters. The number of carbonyl (C=O) groups is 2. The number of nitrogens with one attached hydrogen (secondary N) is 1. The van der Waals surface area contributed by atoms with Gasteiger partial charge in [-0.05, 0) is 42.4 Å². The molecule has 0 aliphatic heterocycles. The first-order chi connectivity index (χ1) is 14.2. The van der Waals surface area contributed by atoms with Gasteiger partial charge in [0.05, 0.1) is 17.6 Å². The van der Waals surface area contributed by atoms with Crippen molar-refractivity contribution in [2.45, 2.75) is 33.6 Å². The molecular weight excluding hydrogens is 376 g/mol. The number of Topliss-reactive ketones (excluding diaryl/α,β-unsaturated/α-hetero) is 1. The summed E-state index contributed by atoms with van der Waals surface area (Å²) in [4.78, 5) is 36.1. The molecule has 1 aromatic rings. The highest BCUT2D eigenvalue weighted by Gasteiger charge is 2.59. The summed E-state index contributed by atoms with van der Waals surface area (Å²) in [5, 5.41) is 9.48. The van der Waals surface area contributed by atoms with Crippen LogP contribution in [-0.4, -0.2) is 21.5 Å². The number of fused-ring (bicyclic) bond motifs is 3. The summed E-state index contributed by atoms with van der Waals surface area (Å²) in [6.45, 7) is 13.2. The third-order valence-electron chi connectivity index (χ3n) is 6.81. The first-order valence-corrected chi connectivity index (χ1v) is 9.75. The van der Waals surface area contributed by atoms with Crippen molar-refractivity contribution in [2.75, 3.05) is 0 Å². The molecule has 0 spiro atoms. The minimum absolute atomic E-state index is 0.0649. The molecule has 30 heavy (non-hydrogen) atoms. The Morgan fingerprint density at radius 1 is 1.30 bits per heavy atom. The lowest BCUT2D eigenvalue weighted by Crippen LogP contribution is -2.53. The zero-order chi connectivity index (χ0) is 21.7. The molecule has 4 rings (SSSR count). The Kier molecular flexibility index (Phi) is 4.19. The van der Waals surface area contributed by atoms with Crippen LogP contribution >= 0.6 is 0 Å². The molecule has 0 saturated heterocycles. The topological polar surface area (TPSA) is 91.0 Å². The molecule has 6 nitrogen and oxygen atoms in total. The minimum atomic E-state index is -0.836. The van der Waals surface area contributed by atoms with Crippen LogP contribution in [0.1, 0.15) is 39.4 Å². The number of ketones is 2. The van der Waals surface area contributed by atoms with E-state index in [2.05, 4.69) is 26.7 Å². The van der Waals surface area contributed by atoms with E-state index in [1.165, 1.54) is 6.08 Å². The van der Waals surface area contributed by atoms with Crippen molar-refractivity contribution in [1.82, 2.24) is 9.97 Å². The first-order valence-electron chi connectivity index (χ1n) is 9.75. The lowest BCUT2D eigenvalue weighted by molar-refractivity contribution is -0.130. The van der Waals surface area contributed by atoms with E-state index in [-0.39, 0.29) is 28.8 Å². The van der Waals surface area contributed by atoms with Crippen molar-refractivity contribution in [3.63, 3.8) is 0 Å². The molecule has 148 valence electrons. The summed E-state index contributed by atoms with van der Waals surface area (Å²) in [5.74, 6) is 6.20. The van der Waals surface area contributed by atoms with Gasteiger partial charge in [0.15, 0.2) is 17.4 Å². The largest absolute Gasteiger partial charge is 0.338 e. The summed E-state index contributed by atoms with van der Waals surface area (Å²) in [5.41, 5.74) is -1.38. The Morgan fingerprint density at radius 2 is 2.07 bits per heavy atom. The number of carbonyl (C=O) groups excluding carboxylic acids is 2. The fraction of sp³-hybridized carbons (Fsp3) is 0.375. The highest BCUT2D eigenvalue weighted by molar-refractivity contribution is 6.09. The van der Waals surface area contributed by atoms with Crippen LogP contribution in [-0.2, 0) is 9.59 Å². The van der Waals surface area contributed by atoms with E-state index in [0.29, 0.717) is 18.7 Å². The van der Waals surface area contributed by atoms with Crippen molar-refractivity contribution >= 4 is 11.6 Å². The third-order valence-corrected chi connectivity index (χ3v) is 6.81. The monoisotopic (exact) mass is 396 g/mol. The Labute approximate surface area is 175 Å². The van der Waals surface area contributed by atoms with Crippen LogP contribution in [0.3, 0.4) is 0 Å². The van der Waals surface area contributed by atoms with Gasteiger partial charge in [0, 0.05) is 23.2 Å². The second-order valence-corrected chi connectivity index (χ2v) is 8.82. The number of nitrogens with zero attached hydrogens (tertiary/aromatic N) is 3. The van der Waals surface area contributed by atoms with Crippen molar-refractivity contribution in [2.24, 2.45) is 22.2 Å². The normalized spacial score (nSPS) is 31.5. The summed E-state index contributed by atoms with van der Waals surface area (Å²) in [7, 11) is 0. The Balaban J connectivity index is 1.97. The average molecular weight is 396 g/mol. The molecule has 3 aliphatic rings. The number of H-pyrrole nitrogens is 1. The van der Waals surface area contributed by atoms with Gasteiger partial charge in [-0.3, -0.25) is 4.79 Å². The predicted octanol–water partition coefficient (Wildman–Crippen LogP) is 3.54. The fourth-order valence-electron chi connectivity index (χ4n) is 5.40. The molecule has 3 unspecified atom stereocenters. The number of nitriles is 1. The Bertz CT molecular complexity index is 1200. The van der Waals surface area contributed by atoms with E-state index in [4.69, 9.17) is 6.57 Å². The molecule has 1 N–H and O–H groups in total. The number of hydrogen-bond acceptors (Lipinski definition) is 4. The predicted molar refractivity (Wildman–Crippen MR) is 109 cm³/mol. The van der Waals surface area contributed by atoms with Gasteiger partial charge in [-0.25, -0.2) is 9.83 Å². The zero-order valence-electron chi connectivity index (χ0n) is 17.0. The summed E-state index contributed by atoms with van der Waals surface area (Å²) >= 11 is 0. The molecular formula is C24H20N4O2. The van der Waals surface area contributed by atoms with E-state index in [1.54, 1.807) is 24.5 Å². The van der Waals surface area contributed by atoms with Gasteiger partial charge >= 0.3 is 0 Å². The van der Waals surface area contributed by atoms with Crippen LogP contribution < -0.4 is 0 Å². The van der Waals surface area contributed by atoms with Crippen molar-refractivity contribution in [1.29, 1.82) is 5.26 Å². The summed E-state index contributed by atoms with van der Waals surface area (Å²) in [6.07, 6.45) is 9.41. The number of hydrogen-bond donors (Lipinski definition) is 1. The Hall–Kier alpha value is -3.69. The van der Waals surface area contributed by atoms with Crippen LogP contribution in [0.4, 0.5) is 0 Å². The second kappa shape index (κ2) is 6.41. The van der Waals surface area contributed by atoms with Crippen LogP contribution in [0.15, 0.2) is 47.5 Å². The van der Waals surface area contributed by atoms with Gasteiger partial charge in [-0.15, -0.1) is 0 Å². The zero-order valence-corrected chi connectivity index (χ0v) is 17.0. The number of allylic oxidation sites excluding steroid dienone is 6. The highest BCUT2D eigenvalue weighted by Crippen LogP contribution is 2.63. The van der Waals surface area contributed by atoms with Crippen LogP contribution in [0.5, 0.6) is 0 Å². The van der Waals surface area contributed by atoms with E-state index in [1.807, 2.05) is 26.8 Å². The fourth-order valence-corrected chi connectivity index (χ4v) is 5.40. The maximum atomic E-state index is 12.9. The lowest BCUT2D eigenvalue weighted by atomic mass is 9.46. The van der Waals surface area contributed by atoms with Crippen molar-refractivity contribution in [3.05, 3.63) is 64.7 Å². The van der Waals surface area contributed by atoms with Gasteiger partial charge in [0.25, 0.3) is 0 Å². The third kappa shape index (κ3) is 2.60. The van der Waals surface area contributed by atoms with E-state index < -0.39 is 16.2 Å². The molecule has 1 aromatic heterocycles. The van der Waals surface area contributed by atoms with Crippen LogP contribution in [0.25, 0.3) is 4.85 Å². The van der Waals surface area contributed by atoms with Gasteiger partial charge in [0.1, 0.15) is 6.07 Å². The van der Waals surface area contributed by atoms with E-state index in [0.717, 1.165) is 5.57 Å². The molecule has 1 fully saturated rings. The number of aromatic nitrogens is 2. The lowest BCUT2D eigenvalue weighted by Gasteiger charge is -2.56. The van der Waals surface area contributed by atoms with Gasteiger partial charge in [-0.2, -0.15) is 5.26 Å². The molecule has 1 heterocycles. The SMILES string of the molecule is [C-]#[N+]C1=CC2(C)C3=CC(=O)C(C#N)=CC3(C#Cc3ncc[nH]3)CCC2C(C)(C)C1=O. The van der Waals surface area contributed by atoms with E-state index >= 15 is 0 Å². The molecule has 0 aromatic carbocycles. The van der Waals surface area contributed by atoms with Gasteiger partial charge in [0.2, 0.25) is 5.70 Å². The molecule has 1 saturated carbocycles. The first kappa shape index (κ1) is 19.6. The molecule has 3 aliphatic carbocycles. The maximum absolute atomic E-state index is 12.9. The smallest absolute Gasteiger partial charge is 0.226 e. The number of aromatic amines is 1. The molecule has 0 amide bonds. The standard InChI is InChI=1S/C24H20N4O2/c1-22(2)18-5-7-24(8-6-20-27-9-10-28-20)12-15(14-25)17(29)11-19(24)23(18,3)13-16(26-4)21(22)30/h9-13,18H,5,7H2,1-3H3,(H,27,28). The second-order valence-electron chi connectivity index (χ2n) is 8.82.